The standard InChI is InChI=1S/C22H27N3O2/c1-16-10-12-25(13-11-16)20-8-6-18(7-9-20)23-22(26)24-19-14-17-4-2-3-5-21(17)27-15-19/h2-9,16,19H,10-15H2,1H3,(H2,23,24,26)/t19-/m1/s1. The molecule has 4 rings (SSSR count). The minimum Gasteiger partial charge on any atom is -0.491 e. The highest BCUT2D eigenvalue weighted by atomic mass is 16.5. The molecule has 1 saturated heterocycles. The lowest BCUT2D eigenvalue weighted by molar-refractivity contribution is 0.222. The van der Waals surface area contributed by atoms with Crippen LogP contribution in [-0.2, 0) is 6.42 Å². The second-order valence-corrected chi connectivity index (χ2v) is 7.63. The maximum absolute atomic E-state index is 12.3. The fourth-order valence-electron chi connectivity index (χ4n) is 3.80. The lowest BCUT2D eigenvalue weighted by Crippen LogP contribution is -2.44. The van der Waals surface area contributed by atoms with Crippen LogP contribution in [0.4, 0.5) is 16.2 Å². The van der Waals surface area contributed by atoms with E-state index in [-0.39, 0.29) is 12.1 Å². The molecule has 2 aliphatic heterocycles. The largest absolute Gasteiger partial charge is 0.491 e. The molecule has 0 saturated carbocycles. The van der Waals surface area contributed by atoms with Crippen LogP contribution in [0, 0.1) is 5.92 Å². The predicted octanol–water partition coefficient (Wildman–Crippen LogP) is 4.05. The van der Waals surface area contributed by atoms with Crippen molar-refractivity contribution in [2.24, 2.45) is 5.92 Å². The van der Waals surface area contributed by atoms with Crippen LogP contribution in [0.5, 0.6) is 5.75 Å². The van der Waals surface area contributed by atoms with Gasteiger partial charge in [0.1, 0.15) is 12.4 Å². The zero-order valence-electron chi connectivity index (χ0n) is 15.8. The fraction of sp³-hybridized carbons (Fsp3) is 0.409. The Kier molecular flexibility index (Phi) is 5.19. The van der Waals surface area contributed by atoms with Crippen LogP contribution in [0.15, 0.2) is 48.5 Å². The van der Waals surface area contributed by atoms with Crippen molar-refractivity contribution >= 4 is 17.4 Å². The number of nitrogens with zero attached hydrogens (tertiary/aromatic N) is 1. The average Bonchev–Trinajstić information content (AvgIpc) is 2.69. The molecule has 0 aromatic heterocycles. The molecule has 5 heteroatoms. The van der Waals surface area contributed by atoms with E-state index in [2.05, 4.69) is 34.6 Å². The molecule has 0 spiro atoms. The molecular formula is C22H27N3O2. The third kappa shape index (κ3) is 4.35. The van der Waals surface area contributed by atoms with Crippen LogP contribution >= 0.6 is 0 Å². The molecule has 2 N–H and O–H groups in total. The summed E-state index contributed by atoms with van der Waals surface area (Å²) in [5.74, 6) is 1.74. The number of nitrogens with one attached hydrogen (secondary N) is 2. The Balaban J connectivity index is 1.30. The highest BCUT2D eigenvalue weighted by molar-refractivity contribution is 5.89. The maximum Gasteiger partial charge on any atom is 0.319 e. The van der Waals surface area contributed by atoms with Gasteiger partial charge in [-0.1, -0.05) is 25.1 Å². The van der Waals surface area contributed by atoms with Crippen LogP contribution in [-0.4, -0.2) is 31.8 Å². The van der Waals surface area contributed by atoms with E-state index in [9.17, 15) is 4.79 Å². The van der Waals surface area contributed by atoms with Gasteiger partial charge in [-0.3, -0.25) is 0 Å². The fourth-order valence-corrected chi connectivity index (χ4v) is 3.80. The lowest BCUT2D eigenvalue weighted by atomic mass is 9.99. The second-order valence-electron chi connectivity index (χ2n) is 7.63. The number of para-hydroxylation sites is 1. The van der Waals surface area contributed by atoms with E-state index in [1.807, 2.05) is 36.4 Å². The van der Waals surface area contributed by atoms with Crippen LogP contribution < -0.4 is 20.3 Å². The van der Waals surface area contributed by atoms with Gasteiger partial charge >= 0.3 is 6.03 Å². The van der Waals surface area contributed by atoms with Crippen LogP contribution in [0.3, 0.4) is 0 Å². The topological polar surface area (TPSA) is 53.6 Å². The van der Waals surface area contributed by atoms with Crippen molar-refractivity contribution < 1.29 is 9.53 Å². The molecule has 142 valence electrons. The number of benzene rings is 2. The van der Waals surface area contributed by atoms with Gasteiger partial charge in [0.2, 0.25) is 0 Å². The third-order valence-electron chi connectivity index (χ3n) is 5.49. The number of hydrogen-bond acceptors (Lipinski definition) is 3. The summed E-state index contributed by atoms with van der Waals surface area (Å²) in [6.07, 6.45) is 3.28. The summed E-state index contributed by atoms with van der Waals surface area (Å²) >= 11 is 0. The first kappa shape index (κ1) is 17.7. The van der Waals surface area contributed by atoms with E-state index < -0.39 is 0 Å². The van der Waals surface area contributed by atoms with Crippen molar-refractivity contribution in [3.05, 3.63) is 54.1 Å². The van der Waals surface area contributed by atoms with Crippen molar-refractivity contribution in [3.63, 3.8) is 0 Å². The maximum atomic E-state index is 12.3. The smallest absolute Gasteiger partial charge is 0.319 e. The summed E-state index contributed by atoms with van der Waals surface area (Å²) in [4.78, 5) is 14.7. The van der Waals surface area contributed by atoms with Gasteiger partial charge in [-0.15, -0.1) is 0 Å². The van der Waals surface area contributed by atoms with Gasteiger partial charge in [0.25, 0.3) is 0 Å². The molecule has 2 aromatic carbocycles. The van der Waals surface area contributed by atoms with E-state index in [0.717, 1.165) is 42.4 Å². The quantitative estimate of drug-likeness (QED) is 0.863. The Morgan fingerprint density at radius 2 is 1.81 bits per heavy atom. The number of amides is 2. The van der Waals surface area contributed by atoms with Crippen molar-refractivity contribution in [1.82, 2.24) is 5.32 Å². The first-order valence-electron chi connectivity index (χ1n) is 9.80. The van der Waals surface area contributed by atoms with Crippen LogP contribution in [0.1, 0.15) is 25.3 Å². The molecule has 27 heavy (non-hydrogen) atoms. The number of carbonyl (C=O) groups excluding carboxylic acids is 1. The first-order chi connectivity index (χ1) is 13.2. The SMILES string of the molecule is CC1CCN(c2ccc(NC(=O)N[C@H]3COc4ccccc4C3)cc2)CC1. The van der Waals surface area contributed by atoms with Crippen LogP contribution in [0.25, 0.3) is 0 Å². The molecule has 1 atom stereocenters. The predicted molar refractivity (Wildman–Crippen MR) is 109 cm³/mol. The second kappa shape index (κ2) is 7.91. The van der Waals surface area contributed by atoms with Gasteiger partial charge in [0.05, 0.1) is 6.04 Å². The van der Waals surface area contributed by atoms with Gasteiger partial charge in [-0.05, 0) is 61.1 Å². The van der Waals surface area contributed by atoms with Gasteiger partial charge in [-0.2, -0.15) is 0 Å². The molecule has 1 fully saturated rings. The highest BCUT2D eigenvalue weighted by Crippen LogP contribution is 2.25. The number of anilines is 2. The minimum absolute atomic E-state index is 0.0190. The van der Waals surface area contributed by atoms with E-state index in [4.69, 9.17) is 4.74 Å². The third-order valence-corrected chi connectivity index (χ3v) is 5.49. The van der Waals surface area contributed by atoms with Gasteiger partial charge in [0.15, 0.2) is 0 Å². The summed E-state index contributed by atoms with van der Waals surface area (Å²) in [5, 5.41) is 5.93. The highest BCUT2D eigenvalue weighted by Gasteiger charge is 2.21. The van der Waals surface area contributed by atoms with Gasteiger partial charge in [-0.25, -0.2) is 4.79 Å². The number of piperidine rings is 1. The van der Waals surface area contributed by atoms with Gasteiger partial charge in [0, 0.05) is 24.5 Å². The Bertz CT molecular complexity index is 782. The minimum atomic E-state index is -0.192. The Labute approximate surface area is 160 Å². The Morgan fingerprint density at radius 3 is 2.59 bits per heavy atom. The normalized spacial score (nSPS) is 19.7. The summed E-state index contributed by atoms with van der Waals surface area (Å²) in [5.41, 5.74) is 3.16. The van der Waals surface area contributed by atoms with Crippen LogP contribution in [0.2, 0.25) is 0 Å². The summed E-state index contributed by atoms with van der Waals surface area (Å²) in [6, 6.07) is 15.9. The summed E-state index contributed by atoms with van der Waals surface area (Å²) in [7, 11) is 0. The van der Waals surface area contributed by atoms with E-state index in [1.165, 1.54) is 18.5 Å². The number of fused-ring (bicyclic) bond motifs is 1. The molecule has 5 nitrogen and oxygen atoms in total. The Morgan fingerprint density at radius 1 is 1.07 bits per heavy atom. The molecule has 2 aromatic rings. The van der Waals surface area contributed by atoms with Crippen molar-refractivity contribution in [1.29, 1.82) is 0 Å². The number of rotatable bonds is 3. The summed E-state index contributed by atoms with van der Waals surface area (Å²) in [6.45, 7) is 5.03. The molecular weight excluding hydrogens is 338 g/mol. The number of carbonyl (C=O) groups is 1. The molecule has 0 bridgehead atoms. The van der Waals surface area contributed by atoms with Crippen molar-refractivity contribution in [2.45, 2.75) is 32.2 Å². The van der Waals surface area contributed by atoms with E-state index in [0.29, 0.717) is 6.61 Å². The number of urea groups is 1. The molecule has 0 aliphatic carbocycles. The zero-order chi connectivity index (χ0) is 18.6. The molecule has 2 heterocycles. The van der Waals surface area contributed by atoms with Crippen molar-refractivity contribution in [3.8, 4) is 5.75 Å². The van der Waals surface area contributed by atoms with Gasteiger partial charge < -0.3 is 20.3 Å². The van der Waals surface area contributed by atoms with Crippen molar-refractivity contribution in [2.75, 3.05) is 29.9 Å². The zero-order valence-corrected chi connectivity index (χ0v) is 15.8. The molecule has 2 aliphatic rings. The monoisotopic (exact) mass is 365 g/mol. The molecule has 2 amide bonds. The summed E-state index contributed by atoms with van der Waals surface area (Å²) < 4.78 is 5.73. The Hall–Kier alpha value is -2.69. The number of ether oxygens (including phenoxy) is 1. The molecule has 0 radical (unpaired) electrons. The van der Waals surface area contributed by atoms with E-state index >= 15 is 0 Å². The first-order valence-corrected chi connectivity index (χ1v) is 9.80. The average molecular weight is 365 g/mol. The lowest BCUT2D eigenvalue weighted by Gasteiger charge is -2.32. The molecule has 0 unspecified atom stereocenters. The number of hydrogen-bond donors (Lipinski definition) is 2. The van der Waals surface area contributed by atoms with E-state index in [1.54, 1.807) is 0 Å².